The van der Waals surface area contributed by atoms with Crippen molar-refractivity contribution in [1.82, 2.24) is 15.1 Å². The zero-order chi connectivity index (χ0) is 28.7. The van der Waals surface area contributed by atoms with Crippen LogP contribution in [0.15, 0.2) is 29.8 Å². The van der Waals surface area contributed by atoms with E-state index >= 15 is 0 Å². The highest BCUT2D eigenvalue weighted by atomic mass is 35.5. The van der Waals surface area contributed by atoms with Gasteiger partial charge in [-0.1, -0.05) is 51.8 Å². The number of likely N-dealkylation sites (tertiary alicyclic amines) is 1. The van der Waals surface area contributed by atoms with E-state index in [9.17, 15) is 18.8 Å². The van der Waals surface area contributed by atoms with E-state index < -0.39 is 11.9 Å². The normalized spacial score (nSPS) is 18.4. The van der Waals surface area contributed by atoms with Gasteiger partial charge in [-0.3, -0.25) is 19.3 Å². The number of nitrogens with zero attached hydrogens (tertiary/aromatic N) is 2. The Labute approximate surface area is 232 Å². The number of rotatable bonds is 10. The van der Waals surface area contributed by atoms with Crippen LogP contribution in [0, 0.1) is 17.7 Å². The monoisotopic (exact) mass is 550 g/mol. The maximum Gasteiger partial charge on any atom is 0.251 e. The number of piperidine rings is 1. The first-order valence-corrected chi connectivity index (χ1v) is 13.9. The quantitative estimate of drug-likeness (QED) is 0.390. The molecule has 0 saturated carbocycles. The molecule has 0 aliphatic carbocycles. The number of benzene rings is 1. The predicted octanol–water partition coefficient (Wildman–Crippen LogP) is 5.25. The molecule has 1 aliphatic heterocycles. The van der Waals surface area contributed by atoms with Gasteiger partial charge in [0.1, 0.15) is 11.9 Å². The fraction of sp³-hybridized carbons (Fsp3) is 0.621. The van der Waals surface area contributed by atoms with Crippen LogP contribution in [0.5, 0.6) is 0 Å². The molecule has 1 aromatic carbocycles. The first kappa shape index (κ1) is 31.8. The third-order valence-electron chi connectivity index (χ3n) is 7.17. The van der Waals surface area contributed by atoms with Crippen LogP contribution in [0.3, 0.4) is 0 Å². The van der Waals surface area contributed by atoms with Crippen molar-refractivity contribution in [1.29, 1.82) is 0 Å². The van der Waals surface area contributed by atoms with Gasteiger partial charge < -0.3 is 15.5 Å². The third-order valence-corrected chi connectivity index (χ3v) is 7.46. The van der Waals surface area contributed by atoms with Gasteiger partial charge in [0, 0.05) is 24.4 Å². The molecule has 212 valence electrons. The van der Waals surface area contributed by atoms with Gasteiger partial charge in [0.2, 0.25) is 11.8 Å². The first-order valence-electron chi connectivity index (χ1n) is 13.5. The Hall–Kier alpha value is -2.45. The van der Waals surface area contributed by atoms with Crippen LogP contribution in [0.1, 0.15) is 67.7 Å². The van der Waals surface area contributed by atoms with E-state index in [4.69, 9.17) is 11.6 Å². The lowest BCUT2D eigenvalue weighted by molar-refractivity contribution is -0.140. The molecule has 2 N–H and O–H groups in total. The van der Waals surface area contributed by atoms with Crippen molar-refractivity contribution in [3.8, 4) is 0 Å². The molecule has 1 aliphatic rings. The molecule has 7 nitrogen and oxygen atoms in total. The van der Waals surface area contributed by atoms with Crippen molar-refractivity contribution in [3.63, 3.8) is 0 Å². The van der Waals surface area contributed by atoms with Crippen LogP contribution < -0.4 is 10.6 Å². The summed E-state index contributed by atoms with van der Waals surface area (Å²) >= 11 is 5.83. The minimum absolute atomic E-state index is 0.00487. The number of carbonyl (C=O) groups is 3. The molecule has 1 fully saturated rings. The van der Waals surface area contributed by atoms with Crippen LogP contribution >= 0.6 is 11.6 Å². The molecule has 9 heteroatoms. The number of anilines is 1. The van der Waals surface area contributed by atoms with Crippen LogP contribution in [0.4, 0.5) is 10.1 Å². The lowest BCUT2D eigenvalue weighted by Crippen LogP contribution is -2.58. The molecule has 0 radical (unpaired) electrons. The number of likely N-dealkylation sites (N-methyl/N-ethyl adjacent to an activating group) is 1. The van der Waals surface area contributed by atoms with Gasteiger partial charge in [0.05, 0.1) is 17.1 Å². The van der Waals surface area contributed by atoms with Crippen molar-refractivity contribution < 1.29 is 18.8 Å². The molecule has 0 aromatic heterocycles. The Morgan fingerprint density at radius 2 is 1.76 bits per heavy atom. The summed E-state index contributed by atoms with van der Waals surface area (Å²) < 4.78 is 13.5. The Kier molecular flexibility index (Phi) is 11.8. The summed E-state index contributed by atoms with van der Waals surface area (Å²) in [6.07, 6.45) is 4.60. The lowest BCUT2D eigenvalue weighted by atomic mass is 9.95. The number of amides is 3. The van der Waals surface area contributed by atoms with Crippen LogP contribution in [0.25, 0.3) is 0 Å². The summed E-state index contributed by atoms with van der Waals surface area (Å²) in [7, 11) is 1.71. The average Bonchev–Trinajstić information content (AvgIpc) is 2.86. The molecule has 1 aromatic rings. The van der Waals surface area contributed by atoms with Gasteiger partial charge in [0.25, 0.3) is 5.91 Å². The van der Waals surface area contributed by atoms with Crippen molar-refractivity contribution >= 4 is 35.0 Å². The minimum atomic E-state index is -0.687. The maximum absolute atomic E-state index is 13.7. The standard InChI is InChI=1S/C29H44ClFN4O3/c1-17(2)25(15-20(7)27(36)32-21-12-13-23(31)22(30)16-21)34(8)29(38)26(18(3)4)33-28(37)24-11-9-10-14-35(24)19(5)6/h12-13,15-19,24-26H,9-11,14H2,1-8H3,(H,32,36)(H,33,37)/b20-15+/t24-,25-,26+/m1/s1. The summed E-state index contributed by atoms with van der Waals surface area (Å²) in [6.45, 7) is 14.5. The smallest absolute Gasteiger partial charge is 0.251 e. The van der Waals surface area contributed by atoms with E-state index in [0.29, 0.717) is 11.3 Å². The summed E-state index contributed by atoms with van der Waals surface area (Å²) in [6, 6.07) is 2.91. The Morgan fingerprint density at radius 1 is 1.11 bits per heavy atom. The van der Waals surface area contributed by atoms with Crippen molar-refractivity contribution in [2.75, 3.05) is 18.9 Å². The van der Waals surface area contributed by atoms with E-state index in [0.717, 1.165) is 25.8 Å². The third kappa shape index (κ3) is 8.27. The topological polar surface area (TPSA) is 81.8 Å². The predicted molar refractivity (Wildman–Crippen MR) is 151 cm³/mol. The highest BCUT2D eigenvalue weighted by Gasteiger charge is 2.36. The molecule has 2 rings (SSSR count). The molecule has 38 heavy (non-hydrogen) atoms. The van der Waals surface area contributed by atoms with Gasteiger partial charge in [0.15, 0.2) is 0 Å². The molecule has 0 spiro atoms. The molecule has 0 bridgehead atoms. The van der Waals surface area contributed by atoms with Gasteiger partial charge in [-0.15, -0.1) is 0 Å². The summed E-state index contributed by atoms with van der Waals surface area (Å²) in [5.74, 6) is -1.36. The summed E-state index contributed by atoms with van der Waals surface area (Å²) in [5.41, 5.74) is 0.782. The van der Waals surface area contributed by atoms with E-state index in [-0.39, 0.29) is 52.7 Å². The molecule has 0 unspecified atom stereocenters. The Morgan fingerprint density at radius 3 is 2.32 bits per heavy atom. The van der Waals surface area contributed by atoms with Crippen molar-refractivity contribution in [3.05, 3.63) is 40.7 Å². The van der Waals surface area contributed by atoms with Crippen molar-refractivity contribution in [2.45, 2.75) is 91.9 Å². The number of nitrogens with one attached hydrogen (secondary N) is 2. The molecule has 1 heterocycles. The van der Waals surface area contributed by atoms with Gasteiger partial charge in [-0.2, -0.15) is 0 Å². The number of hydrogen-bond donors (Lipinski definition) is 2. The molecular weight excluding hydrogens is 507 g/mol. The molecule has 1 saturated heterocycles. The van der Waals surface area contributed by atoms with Gasteiger partial charge >= 0.3 is 0 Å². The number of hydrogen-bond acceptors (Lipinski definition) is 4. The van der Waals surface area contributed by atoms with Gasteiger partial charge in [-0.05, 0) is 70.2 Å². The fourth-order valence-electron chi connectivity index (χ4n) is 4.87. The van der Waals surface area contributed by atoms with E-state index in [2.05, 4.69) is 29.4 Å². The first-order chi connectivity index (χ1) is 17.7. The van der Waals surface area contributed by atoms with E-state index in [1.54, 1.807) is 24.9 Å². The Bertz CT molecular complexity index is 1030. The number of halogens is 2. The molecular formula is C29H44ClFN4O3. The largest absolute Gasteiger partial charge is 0.343 e. The SMILES string of the molecule is C/C(=C\[C@H](C(C)C)N(C)C(=O)[C@@H](NC(=O)[C@H]1CCCCN1C(C)C)C(C)C)C(=O)Nc1ccc(F)c(Cl)c1. The fourth-order valence-corrected chi connectivity index (χ4v) is 5.05. The van der Waals surface area contributed by atoms with Crippen LogP contribution in [-0.2, 0) is 14.4 Å². The van der Waals surface area contributed by atoms with Crippen LogP contribution in [-0.4, -0.2) is 65.3 Å². The lowest BCUT2D eigenvalue weighted by Gasteiger charge is -2.39. The Balaban J connectivity index is 2.19. The molecule has 3 amide bonds. The van der Waals surface area contributed by atoms with E-state index in [1.165, 1.54) is 18.2 Å². The van der Waals surface area contributed by atoms with Crippen LogP contribution in [0.2, 0.25) is 5.02 Å². The van der Waals surface area contributed by atoms with Crippen molar-refractivity contribution in [2.24, 2.45) is 11.8 Å². The highest BCUT2D eigenvalue weighted by Crippen LogP contribution is 2.23. The van der Waals surface area contributed by atoms with Gasteiger partial charge in [-0.25, -0.2) is 4.39 Å². The summed E-state index contributed by atoms with van der Waals surface area (Å²) in [4.78, 5) is 43.7. The number of carbonyl (C=O) groups excluding carboxylic acids is 3. The minimum Gasteiger partial charge on any atom is -0.343 e. The highest BCUT2D eigenvalue weighted by molar-refractivity contribution is 6.31. The second-order valence-corrected chi connectivity index (χ2v) is 11.6. The van der Waals surface area contributed by atoms with E-state index in [1.807, 2.05) is 27.7 Å². The maximum atomic E-state index is 13.7. The second-order valence-electron chi connectivity index (χ2n) is 11.2. The summed E-state index contributed by atoms with van der Waals surface area (Å²) in [5, 5.41) is 5.68. The average molecular weight is 551 g/mol. The second kappa shape index (κ2) is 14.1. The zero-order valence-electron chi connectivity index (χ0n) is 24.0. The molecule has 3 atom stereocenters. The zero-order valence-corrected chi connectivity index (χ0v) is 24.7.